The van der Waals surface area contributed by atoms with Gasteiger partial charge in [0.05, 0.1) is 5.41 Å². The molecule has 1 heteroatoms. The monoisotopic (exact) mass is 503 g/mol. The second kappa shape index (κ2) is 8.99. The highest BCUT2D eigenvalue weighted by molar-refractivity contribution is 5.88. The Morgan fingerprint density at radius 3 is 1.79 bits per heavy atom. The maximum atomic E-state index is 3.86. The zero-order chi connectivity index (χ0) is 25.8. The lowest BCUT2D eigenvalue weighted by Gasteiger charge is -2.35. The lowest BCUT2D eigenvalue weighted by molar-refractivity contribution is 0.420. The van der Waals surface area contributed by atoms with Crippen molar-refractivity contribution in [2.45, 2.75) is 37.0 Å². The van der Waals surface area contributed by atoms with E-state index in [0.717, 1.165) is 29.1 Å². The smallest absolute Gasteiger partial charge is 0.0733 e. The van der Waals surface area contributed by atoms with E-state index in [1.165, 1.54) is 64.6 Å². The first-order valence-corrected chi connectivity index (χ1v) is 14.5. The van der Waals surface area contributed by atoms with Crippen LogP contribution >= 0.6 is 0 Å². The average molecular weight is 504 g/mol. The Morgan fingerprint density at radius 2 is 1.15 bits per heavy atom. The maximum Gasteiger partial charge on any atom is 0.0733 e. The second-order valence-corrected chi connectivity index (χ2v) is 11.8. The van der Waals surface area contributed by atoms with Gasteiger partial charge in [-0.15, -0.1) is 0 Å². The molecule has 0 spiro atoms. The zero-order valence-corrected chi connectivity index (χ0v) is 22.2. The third-order valence-corrected chi connectivity index (χ3v) is 9.85. The van der Waals surface area contributed by atoms with Gasteiger partial charge in [-0.3, -0.25) is 0 Å². The Balaban J connectivity index is 1.26. The first-order valence-electron chi connectivity index (χ1n) is 14.5. The quantitative estimate of drug-likeness (QED) is 0.247. The van der Waals surface area contributed by atoms with Gasteiger partial charge < -0.3 is 5.32 Å². The molecule has 5 aromatic carbocycles. The number of hydrogen-bond donors (Lipinski definition) is 1. The highest BCUT2D eigenvalue weighted by Crippen LogP contribution is 2.57. The summed E-state index contributed by atoms with van der Waals surface area (Å²) in [5.74, 6) is 2.64. The summed E-state index contributed by atoms with van der Waals surface area (Å²) < 4.78 is 0. The summed E-state index contributed by atoms with van der Waals surface area (Å²) in [5, 5.41) is 3.86. The summed E-state index contributed by atoms with van der Waals surface area (Å²) >= 11 is 0. The molecule has 2 bridgehead atoms. The number of benzene rings is 5. The third-order valence-electron chi connectivity index (χ3n) is 9.85. The molecule has 0 aliphatic heterocycles. The number of para-hydroxylation sites is 1. The van der Waals surface area contributed by atoms with Gasteiger partial charge in [-0.1, -0.05) is 116 Å². The van der Waals surface area contributed by atoms with Crippen LogP contribution in [0.5, 0.6) is 0 Å². The van der Waals surface area contributed by atoms with E-state index in [1.807, 2.05) is 0 Å². The highest BCUT2D eigenvalue weighted by Gasteiger charge is 2.47. The number of fused-ring (bicyclic) bond motifs is 5. The van der Waals surface area contributed by atoms with E-state index in [2.05, 4.69) is 133 Å². The van der Waals surface area contributed by atoms with Crippen LogP contribution in [0.1, 0.15) is 59.4 Å². The normalized spacial score (nSPS) is 21.9. The molecule has 1 nitrogen and oxygen atoms in total. The minimum Gasteiger partial charge on any atom is -0.355 e. The zero-order valence-electron chi connectivity index (χ0n) is 22.2. The lowest BCUT2D eigenvalue weighted by Crippen LogP contribution is -2.29. The highest BCUT2D eigenvalue weighted by atomic mass is 14.9. The first-order chi connectivity index (χ1) is 19.3. The SMILES string of the molecule is c1ccc(C2(c3ccccc3Nc3ccc(C4CC5CCC4C5)cc3)c3ccccc3-c3ccccc32)cc1. The Hall–Kier alpha value is -4.10. The van der Waals surface area contributed by atoms with Crippen molar-refractivity contribution in [3.05, 3.63) is 155 Å². The average Bonchev–Trinajstić information content (AvgIpc) is 3.71. The van der Waals surface area contributed by atoms with Crippen molar-refractivity contribution in [1.29, 1.82) is 0 Å². The van der Waals surface area contributed by atoms with Crippen molar-refractivity contribution < 1.29 is 0 Å². The van der Waals surface area contributed by atoms with E-state index < -0.39 is 5.41 Å². The van der Waals surface area contributed by atoms with Gasteiger partial charge in [-0.25, -0.2) is 0 Å². The standard InChI is InChI=1S/C38H33N/c1-2-10-29(11-3-1)38(34-14-6-4-12-31(34)32-13-5-7-15-35(32)38)36-16-8-9-17-37(36)39-30-22-20-27(21-23-30)33-25-26-18-19-28(33)24-26/h1-17,20-23,26,28,33,39H,18-19,24-25H2. The molecular weight excluding hydrogens is 470 g/mol. The summed E-state index contributed by atoms with van der Waals surface area (Å²) in [6.45, 7) is 0. The molecule has 1 N–H and O–H groups in total. The molecule has 3 atom stereocenters. The van der Waals surface area contributed by atoms with E-state index >= 15 is 0 Å². The summed E-state index contributed by atoms with van der Waals surface area (Å²) in [6.07, 6.45) is 5.71. The number of rotatable bonds is 5. The molecule has 3 unspecified atom stereocenters. The molecule has 0 amide bonds. The predicted molar refractivity (Wildman–Crippen MR) is 162 cm³/mol. The maximum absolute atomic E-state index is 3.86. The summed E-state index contributed by atoms with van der Waals surface area (Å²) in [6, 6.07) is 47.2. The van der Waals surface area contributed by atoms with Crippen LogP contribution < -0.4 is 5.32 Å². The van der Waals surface area contributed by atoms with Crippen LogP contribution in [0.4, 0.5) is 11.4 Å². The summed E-state index contributed by atoms with van der Waals surface area (Å²) in [7, 11) is 0. The van der Waals surface area contributed by atoms with Gasteiger partial charge in [0.15, 0.2) is 0 Å². The largest absolute Gasteiger partial charge is 0.355 e. The number of anilines is 2. The molecule has 0 saturated heterocycles. The molecule has 0 radical (unpaired) electrons. The molecule has 3 aliphatic carbocycles. The molecule has 0 heterocycles. The van der Waals surface area contributed by atoms with Crippen LogP contribution in [-0.2, 0) is 5.41 Å². The summed E-state index contributed by atoms with van der Waals surface area (Å²) in [4.78, 5) is 0. The Labute approximate surface area is 231 Å². The van der Waals surface area contributed by atoms with Crippen LogP contribution in [0.25, 0.3) is 11.1 Å². The molecule has 2 saturated carbocycles. The van der Waals surface area contributed by atoms with Gasteiger partial charge in [-0.2, -0.15) is 0 Å². The Kier molecular flexibility index (Phi) is 5.26. The molecular formula is C38H33N. The van der Waals surface area contributed by atoms with Gasteiger partial charge in [-0.05, 0) is 94.2 Å². The van der Waals surface area contributed by atoms with Gasteiger partial charge in [0, 0.05) is 11.4 Å². The van der Waals surface area contributed by atoms with Gasteiger partial charge >= 0.3 is 0 Å². The molecule has 190 valence electrons. The fraction of sp³-hybridized carbons (Fsp3) is 0.211. The van der Waals surface area contributed by atoms with Crippen molar-refractivity contribution in [3.63, 3.8) is 0 Å². The van der Waals surface area contributed by atoms with Crippen LogP contribution in [0, 0.1) is 11.8 Å². The minimum atomic E-state index is -0.402. The number of hydrogen-bond acceptors (Lipinski definition) is 1. The van der Waals surface area contributed by atoms with E-state index in [0.29, 0.717) is 0 Å². The fourth-order valence-electron chi connectivity index (χ4n) is 8.22. The van der Waals surface area contributed by atoms with Crippen LogP contribution in [-0.4, -0.2) is 0 Å². The Bertz CT molecular complexity index is 1600. The predicted octanol–water partition coefficient (Wildman–Crippen LogP) is 9.70. The van der Waals surface area contributed by atoms with Gasteiger partial charge in [0.25, 0.3) is 0 Å². The second-order valence-electron chi connectivity index (χ2n) is 11.8. The van der Waals surface area contributed by atoms with Crippen molar-refractivity contribution in [3.8, 4) is 11.1 Å². The van der Waals surface area contributed by atoms with E-state index in [-0.39, 0.29) is 0 Å². The third kappa shape index (κ3) is 3.46. The van der Waals surface area contributed by atoms with Gasteiger partial charge in [0.2, 0.25) is 0 Å². The number of nitrogens with one attached hydrogen (secondary N) is 1. The van der Waals surface area contributed by atoms with Gasteiger partial charge in [0.1, 0.15) is 0 Å². The first kappa shape index (κ1) is 22.8. The topological polar surface area (TPSA) is 12.0 Å². The van der Waals surface area contributed by atoms with E-state index in [9.17, 15) is 0 Å². The molecule has 8 rings (SSSR count). The van der Waals surface area contributed by atoms with Crippen LogP contribution in [0.15, 0.2) is 127 Å². The van der Waals surface area contributed by atoms with Crippen LogP contribution in [0.3, 0.4) is 0 Å². The molecule has 3 aliphatic rings. The van der Waals surface area contributed by atoms with E-state index in [1.54, 1.807) is 0 Å². The fourth-order valence-corrected chi connectivity index (χ4v) is 8.22. The summed E-state index contributed by atoms with van der Waals surface area (Å²) in [5.41, 5.74) is 11.3. The molecule has 0 aromatic heterocycles. The van der Waals surface area contributed by atoms with E-state index in [4.69, 9.17) is 0 Å². The van der Waals surface area contributed by atoms with Crippen molar-refractivity contribution in [1.82, 2.24) is 0 Å². The molecule has 39 heavy (non-hydrogen) atoms. The van der Waals surface area contributed by atoms with Crippen molar-refractivity contribution in [2.75, 3.05) is 5.32 Å². The molecule has 5 aromatic rings. The molecule has 2 fully saturated rings. The van der Waals surface area contributed by atoms with Crippen molar-refractivity contribution in [2.24, 2.45) is 11.8 Å². The lowest BCUT2D eigenvalue weighted by atomic mass is 9.67. The van der Waals surface area contributed by atoms with Crippen LogP contribution in [0.2, 0.25) is 0 Å². The Morgan fingerprint density at radius 1 is 0.538 bits per heavy atom. The van der Waals surface area contributed by atoms with Crippen molar-refractivity contribution >= 4 is 11.4 Å². The minimum absolute atomic E-state index is 0.402.